The first-order valence-corrected chi connectivity index (χ1v) is 14.9. The summed E-state index contributed by atoms with van der Waals surface area (Å²) in [6, 6.07) is 18.6. The van der Waals surface area contributed by atoms with E-state index in [1.807, 2.05) is 48.5 Å². The second-order valence-corrected chi connectivity index (χ2v) is 13.5. The Kier molecular flexibility index (Phi) is 6.89. The molecule has 3 heterocycles. The van der Waals surface area contributed by atoms with Crippen molar-refractivity contribution in [3.63, 3.8) is 0 Å². The molecule has 2 aliphatic rings. The van der Waals surface area contributed by atoms with E-state index in [9.17, 15) is 9.90 Å². The van der Waals surface area contributed by atoms with Crippen molar-refractivity contribution in [2.45, 2.75) is 39.0 Å². The third-order valence-electron chi connectivity index (χ3n) is 7.84. The molecule has 3 N–H and O–H groups in total. The lowest BCUT2D eigenvalue weighted by Gasteiger charge is -2.42. The standard InChI is InChI=1S/C31H34ClN5O2S/c1-30(2,3)18-36-16-14-31(15-17-36)19-37(27-24(38)13-12-20(32)26(27)31)23-10-6-4-8-21(23)33-28(39)35-29-34-22-9-5-7-11-25(22)40-29/h4-13,38H,14-19H2,1-3H3,(H2,33,34,35,39). The molecule has 3 aromatic carbocycles. The monoisotopic (exact) mass is 575 g/mol. The molecule has 0 radical (unpaired) electrons. The number of fused-ring (bicyclic) bond motifs is 3. The smallest absolute Gasteiger partial charge is 0.325 e. The molecule has 1 fully saturated rings. The largest absolute Gasteiger partial charge is 0.506 e. The fourth-order valence-corrected chi connectivity index (χ4v) is 7.42. The average molecular weight is 576 g/mol. The number of urea groups is 1. The number of para-hydroxylation sites is 3. The van der Waals surface area contributed by atoms with Crippen LogP contribution in [0.15, 0.2) is 60.7 Å². The lowest BCUT2D eigenvalue weighted by molar-refractivity contribution is 0.125. The van der Waals surface area contributed by atoms with Gasteiger partial charge in [0.15, 0.2) is 5.13 Å². The first kappa shape index (κ1) is 26.9. The Labute approximate surface area is 243 Å². The van der Waals surface area contributed by atoms with Crippen LogP contribution in [0.4, 0.5) is 27.0 Å². The molecule has 0 saturated carbocycles. The minimum Gasteiger partial charge on any atom is -0.506 e. The van der Waals surface area contributed by atoms with Crippen LogP contribution in [-0.4, -0.2) is 47.2 Å². The molecule has 7 nitrogen and oxygen atoms in total. The Hall–Kier alpha value is -3.33. The van der Waals surface area contributed by atoms with E-state index in [0.29, 0.717) is 22.4 Å². The Bertz CT molecular complexity index is 1540. The number of carbonyl (C=O) groups excluding carboxylic acids is 1. The van der Waals surface area contributed by atoms with Gasteiger partial charge in [-0.1, -0.05) is 68.0 Å². The number of phenolic OH excluding ortho intramolecular Hbond substituents is 1. The maximum absolute atomic E-state index is 13.1. The van der Waals surface area contributed by atoms with Gasteiger partial charge in [-0.05, 0) is 67.7 Å². The van der Waals surface area contributed by atoms with Gasteiger partial charge in [-0.3, -0.25) is 5.32 Å². The van der Waals surface area contributed by atoms with Gasteiger partial charge in [0.05, 0.1) is 27.3 Å². The zero-order valence-electron chi connectivity index (χ0n) is 23.0. The Morgan fingerprint density at radius 1 is 1.05 bits per heavy atom. The van der Waals surface area contributed by atoms with Crippen LogP contribution in [0.2, 0.25) is 5.02 Å². The van der Waals surface area contributed by atoms with E-state index in [4.69, 9.17) is 11.6 Å². The second kappa shape index (κ2) is 10.3. The van der Waals surface area contributed by atoms with Crippen molar-refractivity contribution in [3.05, 3.63) is 71.2 Å². The van der Waals surface area contributed by atoms with Crippen LogP contribution >= 0.6 is 22.9 Å². The van der Waals surface area contributed by atoms with Gasteiger partial charge >= 0.3 is 6.03 Å². The number of nitrogens with zero attached hydrogens (tertiary/aromatic N) is 3. The van der Waals surface area contributed by atoms with Gasteiger partial charge < -0.3 is 20.2 Å². The minimum atomic E-state index is -0.369. The SMILES string of the molecule is CC(C)(C)CN1CCC2(CC1)CN(c1ccccc1NC(=O)Nc1nc3ccccc3s1)c1c(O)ccc(Cl)c12. The number of anilines is 4. The highest BCUT2D eigenvalue weighted by Crippen LogP contribution is 2.56. The van der Waals surface area contributed by atoms with Crippen LogP contribution in [0.3, 0.4) is 0 Å². The maximum atomic E-state index is 13.1. The number of phenols is 1. The van der Waals surface area contributed by atoms with Crippen LogP contribution < -0.4 is 15.5 Å². The predicted molar refractivity (Wildman–Crippen MR) is 166 cm³/mol. The highest BCUT2D eigenvalue weighted by Gasteiger charge is 2.48. The summed E-state index contributed by atoms with van der Waals surface area (Å²) in [5, 5.41) is 18.2. The quantitative estimate of drug-likeness (QED) is 0.231. The van der Waals surface area contributed by atoms with Crippen LogP contribution in [-0.2, 0) is 5.41 Å². The molecule has 1 saturated heterocycles. The summed E-state index contributed by atoms with van der Waals surface area (Å²) in [6.07, 6.45) is 1.90. The third-order valence-corrected chi connectivity index (χ3v) is 9.10. The van der Waals surface area contributed by atoms with Gasteiger partial charge in [0.2, 0.25) is 0 Å². The first-order chi connectivity index (χ1) is 19.1. The molecule has 6 rings (SSSR count). The Morgan fingerprint density at radius 2 is 1.77 bits per heavy atom. The molecule has 1 spiro atoms. The van der Waals surface area contributed by atoms with E-state index >= 15 is 0 Å². The fourth-order valence-electron chi connectivity index (χ4n) is 6.21. The van der Waals surface area contributed by atoms with Crippen molar-refractivity contribution < 1.29 is 9.90 Å². The molecule has 0 bridgehead atoms. The first-order valence-electron chi connectivity index (χ1n) is 13.7. The van der Waals surface area contributed by atoms with E-state index in [-0.39, 0.29) is 22.6 Å². The molecule has 0 unspecified atom stereocenters. The van der Waals surface area contributed by atoms with Gasteiger partial charge in [-0.2, -0.15) is 0 Å². The van der Waals surface area contributed by atoms with E-state index in [1.165, 1.54) is 11.3 Å². The summed E-state index contributed by atoms with van der Waals surface area (Å²) in [5.41, 5.74) is 4.11. The van der Waals surface area contributed by atoms with E-state index in [0.717, 1.165) is 59.6 Å². The van der Waals surface area contributed by atoms with Crippen LogP contribution in [0, 0.1) is 5.41 Å². The van der Waals surface area contributed by atoms with Gasteiger partial charge in [0.1, 0.15) is 5.75 Å². The van der Waals surface area contributed by atoms with Crippen molar-refractivity contribution in [1.29, 1.82) is 0 Å². The highest BCUT2D eigenvalue weighted by molar-refractivity contribution is 7.22. The number of amides is 2. The minimum absolute atomic E-state index is 0.185. The zero-order chi connectivity index (χ0) is 28.1. The van der Waals surface area contributed by atoms with Crippen LogP contribution in [0.25, 0.3) is 10.2 Å². The number of nitrogens with one attached hydrogen (secondary N) is 2. The van der Waals surface area contributed by atoms with Gasteiger partial charge in [0, 0.05) is 29.1 Å². The van der Waals surface area contributed by atoms with Crippen molar-refractivity contribution in [2.24, 2.45) is 5.41 Å². The molecular formula is C31H34ClN5O2S. The lowest BCUT2D eigenvalue weighted by Crippen LogP contribution is -2.47. The number of halogens is 1. The molecule has 9 heteroatoms. The topological polar surface area (TPSA) is 80.7 Å². The molecule has 208 valence electrons. The zero-order valence-corrected chi connectivity index (χ0v) is 24.6. The average Bonchev–Trinajstić information content (AvgIpc) is 3.46. The van der Waals surface area contributed by atoms with Gasteiger partial charge in [-0.25, -0.2) is 9.78 Å². The summed E-state index contributed by atoms with van der Waals surface area (Å²) in [7, 11) is 0. The Balaban J connectivity index is 1.28. The molecule has 2 aliphatic heterocycles. The van der Waals surface area contributed by atoms with Crippen LogP contribution in [0.5, 0.6) is 5.75 Å². The molecule has 0 atom stereocenters. The number of carbonyl (C=O) groups is 1. The number of piperidine rings is 1. The van der Waals surface area contributed by atoms with Gasteiger partial charge in [-0.15, -0.1) is 0 Å². The number of hydrogen-bond donors (Lipinski definition) is 3. The molecule has 40 heavy (non-hydrogen) atoms. The van der Waals surface area contributed by atoms with Crippen LogP contribution in [0.1, 0.15) is 39.2 Å². The second-order valence-electron chi connectivity index (χ2n) is 12.1. The summed E-state index contributed by atoms with van der Waals surface area (Å²) in [5.74, 6) is 0.196. The normalized spacial score (nSPS) is 16.9. The highest BCUT2D eigenvalue weighted by atomic mass is 35.5. The summed E-state index contributed by atoms with van der Waals surface area (Å²) < 4.78 is 1.01. The van der Waals surface area contributed by atoms with E-state index in [2.05, 4.69) is 46.2 Å². The fraction of sp³-hybridized carbons (Fsp3) is 0.355. The van der Waals surface area contributed by atoms with Gasteiger partial charge in [0.25, 0.3) is 0 Å². The number of hydrogen-bond acceptors (Lipinski definition) is 6. The van der Waals surface area contributed by atoms with Crippen molar-refractivity contribution in [3.8, 4) is 5.75 Å². The number of thiazole rings is 1. The molecular weight excluding hydrogens is 542 g/mol. The lowest BCUT2D eigenvalue weighted by atomic mass is 9.74. The third kappa shape index (κ3) is 5.11. The maximum Gasteiger partial charge on any atom is 0.325 e. The molecule has 4 aromatic rings. The molecule has 2 amide bonds. The van der Waals surface area contributed by atoms with E-state index in [1.54, 1.807) is 12.1 Å². The summed E-state index contributed by atoms with van der Waals surface area (Å²) in [4.78, 5) is 22.3. The van der Waals surface area contributed by atoms with Crippen molar-refractivity contribution >= 4 is 61.4 Å². The Morgan fingerprint density at radius 3 is 2.52 bits per heavy atom. The predicted octanol–water partition coefficient (Wildman–Crippen LogP) is 7.83. The number of benzene rings is 3. The molecule has 0 aliphatic carbocycles. The number of likely N-dealkylation sites (tertiary alicyclic amines) is 1. The summed E-state index contributed by atoms with van der Waals surface area (Å²) in [6.45, 7) is 10.5. The van der Waals surface area contributed by atoms with E-state index < -0.39 is 0 Å². The number of aromatic nitrogens is 1. The number of aromatic hydroxyl groups is 1. The molecule has 1 aromatic heterocycles. The number of rotatable bonds is 4. The van der Waals surface area contributed by atoms with Crippen molar-refractivity contribution in [1.82, 2.24) is 9.88 Å². The van der Waals surface area contributed by atoms with Crippen molar-refractivity contribution in [2.75, 3.05) is 41.7 Å². The summed E-state index contributed by atoms with van der Waals surface area (Å²) >= 11 is 8.30.